The third kappa shape index (κ3) is 5.47. The van der Waals surface area contributed by atoms with E-state index in [2.05, 4.69) is 10.6 Å². The molecule has 1 aromatic rings. The lowest BCUT2D eigenvalue weighted by Gasteiger charge is -2.25. The van der Waals surface area contributed by atoms with Crippen LogP contribution in [0, 0.1) is 11.8 Å². The van der Waals surface area contributed by atoms with Crippen LogP contribution in [0.3, 0.4) is 0 Å². The zero-order valence-electron chi connectivity index (χ0n) is 16.2. The van der Waals surface area contributed by atoms with E-state index in [1.807, 2.05) is 4.90 Å². The van der Waals surface area contributed by atoms with E-state index in [0.717, 1.165) is 25.9 Å². The largest absolute Gasteiger partial charge is 0.481 e. The molecule has 1 aliphatic carbocycles. The fourth-order valence-electron chi connectivity index (χ4n) is 3.96. The molecule has 0 atom stereocenters. The molecule has 2 fully saturated rings. The molecule has 0 radical (unpaired) electrons. The summed E-state index contributed by atoms with van der Waals surface area (Å²) in [5.74, 6) is -1.30. The number of aliphatic carboxylic acids is 1. The van der Waals surface area contributed by atoms with Gasteiger partial charge < -0.3 is 20.6 Å². The number of carbonyl (C=O) groups excluding carboxylic acids is 2. The number of carboxylic acids is 1. The smallest absolute Gasteiger partial charge is 0.321 e. The Balaban J connectivity index is 1.48. The van der Waals surface area contributed by atoms with Gasteiger partial charge in [0.1, 0.15) is 0 Å². The summed E-state index contributed by atoms with van der Waals surface area (Å²) in [5.41, 5.74) is 1.38. The van der Waals surface area contributed by atoms with Gasteiger partial charge in [0.05, 0.1) is 5.92 Å². The van der Waals surface area contributed by atoms with Crippen LogP contribution in [0.5, 0.6) is 0 Å². The van der Waals surface area contributed by atoms with Crippen molar-refractivity contribution in [3.05, 3.63) is 24.3 Å². The van der Waals surface area contributed by atoms with Crippen LogP contribution < -0.4 is 10.6 Å². The molecule has 0 bridgehead atoms. The van der Waals surface area contributed by atoms with Crippen LogP contribution in [0.15, 0.2) is 24.3 Å². The summed E-state index contributed by atoms with van der Waals surface area (Å²) < 4.78 is 0. The maximum Gasteiger partial charge on any atom is 0.321 e. The minimum Gasteiger partial charge on any atom is -0.481 e. The van der Waals surface area contributed by atoms with Crippen LogP contribution in [0.25, 0.3) is 0 Å². The van der Waals surface area contributed by atoms with E-state index in [1.165, 1.54) is 12.8 Å². The van der Waals surface area contributed by atoms with Crippen molar-refractivity contribution in [3.63, 3.8) is 0 Å². The maximum atomic E-state index is 12.4. The van der Waals surface area contributed by atoms with E-state index in [1.54, 1.807) is 24.3 Å². The predicted octanol–water partition coefficient (Wildman–Crippen LogP) is 3.92. The molecule has 3 rings (SSSR count). The highest BCUT2D eigenvalue weighted by Crippen LogP contribution is 2.30. The zero-order valence-corrected chi connectivity index (χ0v) is 16.2. The quantitative estimate of drug-likeness (QED) is 0.729. The Morgan fingerprint density at radius 3 is 1.82 bits per heavy atom. The number of nitrogens with one attached hydrogen (secondary N) is 2. The molecule has 152 valence electrons. The lowest BCUT2D eigenvalue weighted by atomic mass is 9.81. The van der Waals surface area contributed by atoms with Crippen molar-refractivity contribution in [2.45, 2.75) is 51.4 Å². The summed E-state index contributed by atoms with van der Waals surface area (Å²) in [7, 11) is 0. The molecule has 3 amide bonds. The lowest BCUT2D eigenvalue weighted by molar-refractivity contribution is -0.143. The molecule has 1 heterocycles. The standard InChI is InChI=1S/C21H29N3O4/c25-19(15-5-7-16(8-6-15)20(26)27)22-17-9-11-18(12-10-17)23-21(28)24-13-3-1-2-4-14-24/h9-12,15-16H,1-8,13-14H2,(H,22,25)(H,23,28)(H,26,27). The number of benzene rings is 1. The second-order valence-corrected chi connectivity index (χ2v) is 7.78. The Labute approximate surface area is 165 Å². The molecule has 3 N–H and O–H groups in total. The van der Waals surface area contributed by atoms with Crippen molar-refractivity contribution in [3.8, 4) is 0 Å². The van der Waals surface area contributed by atoms with E-state index in [4.69, 9.17) is 5.11 Å². The Hall–Kier alpha value is -2.57. The van der Waals surface area contributed by atoms with Gasteiger partial charge in [-0.3, -0.25) is 9.59 Å². The van der Waals surface area contributed by atoms with Crippen LogP contribution in [0.2, 0.25) is 0 Å². The summed E-state index contributed by atoms with van der Waals surface area (Å²) in [5, 5.41) is 14.9. The number of carboxylic acid groups (broad SMARTS) is 1. The molecule has 1 aromatic carbocycles. The molecule has 7 heteroatoms. The molecular formula is C21H29N3O4. The average Bonchev–Trinajstić information content (AvgIpc) is 2.99. The minimum atomic E-state index is -0.767. The summed E-state index contributed by atoms with van der Waals surface area (Å²) in [6.45, 7) is 1.59. The highest BCUT2D eigenvalue weighted by molar-refractivity contribution is 5.93. The van der Waals surface area contributed by atoms with Crippen LogP contribution in [-0.4, -0.2) is 41.0 Å². The van der Waals surface area contributed by atoms with Crippen molar-refractivity contribution in [2.75, 3.05) is 23.7 Å². The van der Waals surface area contributed by atoms with Gasteiger partial charge >= 0.3 is 12.0 Å². The Morgan fingerprint density at radius 1 is 0.786 bits per heavy atom. The molecule has 28 heavy (non-hydrogen) atoms. The van der Waals surface area contributed by atoms with Crippen molar-refractivity contribution in [2.24, 2.45) is 11.8 Å². The number of amides is 3. The molecule has 0 spiro atoms. The first-order chi connectivity index (χ1) is 13.5. The Kier molecular flexibility index (Phi) is 6.90. The molecule has 7 nitrogen and oxygen atoms in total. The molecule has 1 aliphatic heterocycles. The van der Waals surface area contributed by atoms with Crippen molar-refractivity contribution in [1.29, 1.82) is 0 Å². The summed E-state index contributed by atoms with van der Waals surface area (Å²) >= 11 is 0. The van der Waals surface area contributed by atoms with Gasteiger partial charge in [-0.2, -0.15) is 0 Å². The SMILES string of the molecule is O=C(O)C1CCC(C(=O)Nc2ccc(NC(=O)N3CCCCCC3)cc2)CC1. The normalized spacial score (nSPS) is 22.8. The fourth-order valence-corrected chi connectivity index (χ4v) is 3.96. The topological polar surface area (TPSA) is 98.7 Å². The highest BCUT2D eigenvalue weighted by Gasteiger charge is 2.29. The van der Waals surface area contributed by atoms with E-state index in [0.29, 0.717) is 37.1 Å². The number of carbonyl (C=O) groups is 3. The Bertz CT molecular complexity index is 688. The summed E-state index contributed by atoms with van der Waals surface area (Å²) in [6.07, 6.45) is 6.76. The number of urea groups is 1. The number of hydrogen-bond donors (Lipinski definition) is 3. The first-order valence-corrected chi connectivity index (χ1v) is 10.2. The molecular weight excluding hydrogens is 358 g/mol. The monoisotopic (exact) mass is 387 g/mol. The average molecular weight is 387 g/mol. The fraction of sp³-hybridized carbons (Fsp3) is 0.571. The van der Waals surface area contributed by atoms with Gasteiger partial charge in [0, 0.05) is 30.4 Å². The Morgan fingerprint density at radius 2 is 1.29 bits per heavy atom. The minimum absolute atomic E-state index is 0.0646. The van der Waals surface area contributed by atoms with E-state index in [-0.39, 0.29) is 23.8 Å². The zero-order chi connectivity index (χ0) is 19.9. The van der Waals surface area contributed by atoms with Gasteiger partial charge in [0.2, 0.25) is 5.91 Å². The maximum absolute atomic E-state index is 12.4. The summed E-state index contributed by atoms with van der Waals surface area (Å²) in [4.78, 5) is 37.7. The number of hydrogen-bond acceptors (Lipinski definition) is 3. The first-order valence-electron chi connectivity index (χ1n) is 10.2. The second kappa shape index (κ2) is 9.57. The van der Waals surface area contributed by atoms with E-state index < -0.39 is 5.97 Å². The molecule has 0 aromatic heterocycles. The van der Waals surface area contributed by atoms with Crippen LogP contribution in [-0.2, 0) is 9.59 Å². The molecule has 0 unspecified atom stereocenters. The van der Waals surface area contributed by atoms with Crippen LogP contribution >= 0.6 is 0 Å². The van der Waals surface area contributed by atoms with Crippen molar-refractivity contribution >= 4 is 29.3 Å². The molecule has 1 saturated heterocycles. The second-order valence-electron chi connectivity index (χ2n) is 7.78. The first kappa shape index (κ1) is 20.2. The van der Waals surface area contributed by atoms with E-state index >= 15 is 0 Å². The molecule has 1 saturated carbocycles. The number of rotatable bonds is 4. The van der Waals surface area contributed by atoms with Crippen LogP contribution in [0.4, 0.5) is 16.2 Å². The van der Waals surface area contributed by atoms with Gasteiger partial charge in [-0.05, 0) is 62.8 Å². The van der Waals surface area contributed by atoms with Crippen LogP contribution in [0.1, 0.15) is 51.4 Å². The summed E-state index contributed by atoms with van der Waals surface area (Å²) in [6, 6.07) is 7.05. The highest BCUT2D eigenvalue weighted by atomic mass is 16.4. The van der Waals surface area contributed by atoms with Crippen molar-refractivity contribution in [1.82, 2.24) is 4.90 Å². The third-order valence-electron chi connectivity index (χ3n) is 5.74. The lowest BCUT2D eigenvalue weighted by Crippen LogP contribution is -2.35. The van der Waals surface area contributed by atoms with Gasteiger partial charge in [0.25, 0.3) is 0 Å². The third-order valence-corrected chi connectivity index (χ3v) is 5.74. The number of anilines is 2. The van der Waals surface area contributed by atoms with Gasteiger partial charge in [-0.1, -0.05) is 12.8 Å². The number of likely N-dealkylation sites (tertiary alicyclic amines) is 1. The van der Waals surface area contributed by atoms with Gasteiger partial charge in [-0.15, -0.1) is 0 Å². The number of nitrogens with zero attached hydrogens (tertiary/aromatic N) is 1. The van der Waals surface area contributed by atoms with Gasteiger partial charge in [-0.25, -0.2) is 4.79 Å². The predicted molar refractivity (Wildman–Crippen MR) is 107 cm³/mol. The van der Waals surface area contributed by atoms with E-state index in [9.17, 15) is 14.4 Å². The molecule has 2 aliphatic rings. The van der Waals surface area contributed by atoms with Gasteiger partial charge in [0.15, 0.2) is 0 Å². The van der Waals surface area contributed by atoms with Crippen molar-refractivity contribution < 1.29 is 19.5 Å².